The molecule has 134 valence electrons. The molecule has 26 heavy (non-hydrogen) atoms. The van der Waals surface area contributed by atoms with Crippen LogP contribution in [-0.2, 0) is 11.2 Å². The van der Waals surface area contributed by atoms with Crippen molar-refractivity contribution in [3.8, 4) is 0 Å². The number of para-hydroxylation sites is 1. The van der Waals surface area contributed by atoms with Crippen molar-refractivity contribution in [2.45, 2.75) is 13.3 Å². The second-order valence-corrected chi connectivity index (χ2v) is 8.23. The Morgan fingerprint density at radius 3 is 2.62 bits per heavy atom. The van der Waals surface area contributed by atoms with Crippen LogP contribution in [0.4, 0.5) is 5.69 Å². The number of aliphatic imine (C=N–C) groups is 1. The average molecular weight is 459 g/mol. The number of halogens is 1. The first-order valence-electron chi connectivity index (χ1n) is 8.44. The summed E-state index contributed by atoms with van der Waals surface area (Å²) in [4.78, 5) is 31.2. The van der Waals surface area contributed by atoms with Crippen molar-refractivity contribution >= 4 is 21.1 Å². The Kier molecular flexibility index (Phi) is 5.98. The summed E-state index contributed by atoms with van der Waals surface area (Å²) < 4.78 is 0.558. The van der Waals surface area contributed by atoms with Crippen LogP contribution in [-0.4, -0.2) is 26.5 Å². The first-order chi connectivity index (χ1) is 12.7. The molecular formula is C21H20IN2O2-. The molecule has 0 fully saturated rings. The van der Waals surface area contributed by atoms with Crippen molar-refractivity contribution < 1.29 is 30.8 Å². The quantitative estimate of drug-likeness (QED) is 0.199. The van der Waals surface area contributed by atoms with E-state index in [-0.39, 0.29) is 9.70 Å². The van der Waals surface area contributed by atoms with Crippen molar-refractivity contribution in [3.05, 3.63) is 77.9 Å². The van der Waals surface area contributed by atoms with Crippen LogP contribution in [0.15, 0.2) is 66.2 Å². The molecule has 1 heterocycles. The van der Waals surface area contributed by atoms with Crippen LogP contribution in [0, 0.1) is 0 Å². The molecule has 0 bridgehead atoms. The first-order valence-corrected chi connectivity index (χ1v) is 11.0. The molecular weight excluding hydrogens is 439 g/mol. The van der Waals surface area contributed by atoms with Gasteiger partial charge < -0.3 is 0 Å². The summed E-state index contributed by atoms with van der Waals surface area (Å²) in [5.41, 5.74) is 4.10. The van der Waals surface area contributed by atoms with Crippen LogP contribution >= 0.6 is 0 Å². The fourth-order valence-corrected chi connectivity index (χ4v) is 4.44. The topological polar surface area (TPSA) is 49.7 Å². The molecule has 0 aliphatic carbocycles. The molecule has 0 radical (unpaired) electrons. The van der Waals surface area contributed by atoms with Crippen molar-refractivity contribution in [2.75, 3.05) is 16.0 Å². The summed E-state index contributed by atoms with van der Waals surface area (Å²) in [6.45, 7) is 6.26. The SMILES string of the molecule is C=CCN1C(=O)/C(=N/C[I-]C(=O)c2ccc(CC)cc2)c2ccccc21. The summed E-state index contributed by atoms with van der Waals surface area (Å²) in [5.74, 6) is -0.116. The van der Waals surface area contributed by atoms with Gasteiger partial charge in [-0.1, -0.05) is 0 Å². The van der Waals surface area contributed by atoms with E-state index in [1.165, 1.54) is 5.56 Å². The number of carbonyl (C=O) groups is 2. The Bertz CT molecular complexity index is 872. The van der Waals surface area contributed by atoms with Gasteiger partial charge in [-0.15, -0.1) is 0 Å². The first kappa shape index (κ1) is 18.5. The van der Waals surface area contributed by atoms with Crippen molar-refractivity contribution in [1.82, 2.24) is 0 Å². The second kappa shape index (κ2) is 8.40. The summed E-state index contributed by atoms with van der Waals surface area (Å²) in [6, 6.07) is 15.4. The Labute approximate surface area is 163 Å². The number of hydrogen-bond acceptors (Lipinski definition) is 3. The van der Waals surface area contributed by atoms with Gasteiger partial charge in [0, 0.05) is 0 Å². The van der Waals surface area contributed by atoms with Gasteiger partial charge in [0.05, 0.1) is 0 Å². The maximum atomic E-state index is 12.6. The zero-order chi connectivity index (χ0) is 18.5. The van der Waals surface area contributed by atoms with E-state index >= 15 is 0 Å². The second-order valence-electron chi connectivity index (χ2n) is 5.81. The van der Waals surface area contributed by atoms with Crippen molar-refractivity contribution in [1.29, 1.82) is 0 Å². The van der Waals surface area contributed by atoms with Crippen LogP contribution in [0.25, 0.3) is 0 Å². The molecule has 0 saturated heterocycles. The Hall–Kier alpha value is -2.28. The average Bonchev–Trinajstić information content (AvgIpc) is 2.94. The van der Waals surface area contributed by atoms with Crippen molar-refractivity contribution in [2.24, 2.45) is 4.99 Å². The molecule has 1 amide bonds. The molecule has 0 N–H and O–H groups in total. The zero-order valence-electron chi connectivity index (χ0n) is 14.6. The molecule has 0 spiro atoms. The third-order valence-corrected chi connectivity index (χ3v) is 6.20. The molecule has 2 aromatic rings. The standard InChI is InChI=1S/C21H20IN2O2/c1-3-13-24-18-8-6-5-7-17(18)19(21(24)26)23-14-22-20(25)16-11-9-15(4-2)10-12-16/h3,5-12H,1,4,13-14H2,2H3/q-1/b23-19+. The number of alkyl halides is 1. The van der Waals surface area contributed by atoms with Gasteiger partial charge in [-0.05, 0) is 0 Å². The number of aryl methyl sites for hydroxylation is 1. The van der Waals surface area contributed by atoms with Crippen LogP contribution in [0.2, 0.25) is 0 Å². The predicted octanol–water partition coefficient (Wildman–Crippen LogP) is 0.458. The van der Waals surface area contributed by atoms with Gasteiger partial charge in [0.15, 0.2) is 0 Å². The van der Waals surface area contributed by atoms with Crippen LogP contribution in [0.1, 0.15) is 28.4 Å². The molecule has 0 atom stereocenters. The Balaban J connectivity index is 1.72. The van der Waals surface area contributed by atoms with Gasteiger partial charge in [-0.25, -0.2) is 0 Å². The summed E-state index contributed by atoms with van der Waals surface area (Å²) >= 11 is -0.799. The van der Waals surface area contributed by atoms with Gasteiger partial charge in [0.2, 0.25) is 0 Å². The molecule has 2 aromatic carbocycles. The Morgan fingerprint density at radius 2 is 1.92 bits per heavy atom. The minimum absolute atomic E-state index is 0.116. The summed E-state index contributed by atoms with van der Waals surface area (Å²) in [5, 5.41) is 0. The Morgan fingerprint density at radius 1 is 1.19 bits per heavy atom. The van der Waals surface area contributed by atoms with Gasteiger partial charge in [-0.3, -0.25) is 0 Å². The molecule has 3 rings (SSSR count). The van der Waals surface area contributed by atoms with Gasteiger partial charge in [0.1, 0.15) is 0 Å². The number of hydrogen-bond donors (Lipinski definition) is 0. The molecule has 1 aliphatic heterocycles. The maximum absolute atomic E-state index is 12.6. The number of fused-ring (bicyclic) bond motifs is 1. The van der Waals surface area contributed by atoms with Gasteiger partial charge >= 0.3 is 164 Å². The van der Waals surface area contributed by atoms with Crippen LogP contribution in [0.3, 0.4) is 0 Å². The fraction of sp³-hybridized carbons (Fsp3) is 0.190. The van der Waals surface area contributed by atoms with E-state index in [0.717, 1.165) is 23.2 Å². The number of carbonyl (C=O) groups excluding carboxylic acids is 2. The van der Waals surface area contributed by atoms with Gasteiger partial charge in [-0.2, -0.15) is 0 Å². The summed E-state index contributed by atoms with van der Waals surface area (Å²) in [7, 11) is 0. The number of amides is 1. The third kappa shape index (κ3) is 3.77. The van der Waals surface area contributed by atoms with Crippen LogP contribution < -0.4 is 26.1 Å². The van der Waals surface area contributed by atoms with Gasteiger partial charge in [0.25, 0.3) is 0 Å². The van der Waals surface area contributed by atoms with E-state index < -0.39 is 21.2 Å². The molecule has 1 aliphatic rings. The monoisotopic (exact) mass is 459 g/mol. The zero-order valence-corrected chi connectivity index (χ0v) is 16.8. The normalized spacial score (nSPS) is 14.7. The van der Waals surface area contributed by atoms with Crippen molar-refractivity contribution in [3.63, 3.8) is 0 Å². The number of rotatable bonds is 7. The predicted molar refractivity (Wildman–Crippen MR) is 101 cm³/mol. The number of benzene rings is 2. The van der Waals surface area contributed by atoms with E-state index in [9.17, 15) is 9.59 Å². The molecule has 0 saturated carbocycles. The fourth-order valence-electron chi connectivity index (χ4n) is 2.82. The molecule has 4 nitrogen and oxygen atoms in total. The third-order valence-electron chi connectivity index (χ3n) is 4.20. The van der Waals surface area contributed by atoms with E-state index in [1.807, 2.05) is 48.5 Å². The molecule has 0 unspecified atom stereocenters. The number of anilines is 1. The van der Waals surface area contributed by atoms with Crippen LogP contribution in [0.5, 0.6) is 0 Å². The van der Waals surface area contributed by atoms with E-state index in [0.29, 0.717) is 16.8 Å². The van der Waals surface area contributed by atoms with E-state index in [2.05, 4.69) is 18.5 Å². The van der Waals surface area contributed by atoms with E-state index in [4.69, 9.17) is 0 Å². The minimum atomic E-state index is -0.799. The molecule has 0 aromatic heterocycles. The summed E-state index contributed by atoms with van der Waals surface area (Å²) in [6.07, 6.45) is 2.66. The number of nitrogens with zero attached hydrogens (tertiary/aromatic N) is 2. The molecule has 5 heteroatoms. The van der Waals surface area contributed by atoms with E-state index in [1.54, 1.807) is 11.0 Å².